The average Bonchev–Trinajstić information content (AvgIpc) is 3.07. The smallest absolute Gasteiger partial charge is 0.261 e. The number of nitrogens with one attached hydrogen (secondary N) is 1. The van der Waals surface area contributed by atoms with E-state index in [0.717, 1.165) is 0 Å². The number of nitrogens with zero attached hydrogens (tertiary/aromatic N) is 3. The van der Waals surface area contributed by atoms with E-state index in [9.17, 15) is 19.9 Å². The minimum Gasteiger partial charge on any atom is -0.386 e. The molecule has 0 bridgehead atoms. The van der Waals surface area contributed by atoms with Crippen LogP contribution in [0.5, 0.6) is 0 Å². The molecule has 0 saturated carbocycles. The van der Waals surface area contributed by atoms with Crippen molar-refractivity contribution in [1.82, 2.24) is 14.5 Å². The Morgan fingerprint density at radius 2 is 2.38 bits per heavy atom. The third-order valence-electron chi connectivity index (χ3n) is 4.15. The first-order chi connectivity index (χ1) is 11.3. The van der Waals surface area contributed by atoms with Gasteiger partial charge >= 0.3 is 0 Å². The summed E-state index contributed by atoms with van der Waals surface area (Å²) in [6.07, 6.45) is 2.85. The van der Waals surface area contributed by atoms with Crippen molar-refractivity contribution in [2.24, 2.45) is 5.18 Å². The zero-order valence-corrected chi connectivity index (χ0v) is 12.6. The number of H-pyrrole nitrogens is 1. The van der Waals surface area contributed by atoms with Crippen molar-refractivity contribution in [1.29, 1.82) is 0 Å². The van der Waals surface area contributed by atoms with E-state index in [0.29, 0.717) is 0 Å². The van der Waals surface area contributed by atoms with Crippen LogP contribution in [0.25, 0.3) is 11.0 Å². The first-order valence-electron chi connectivity index (χ1n) is 7.06. The molecule has 1 unspecified atom stereocenters. The molecule has 0 spiro atoms. The normalized spacial score (nSPS) is 31.0. The number of aromatic nitrogens is 3. The zero-order chi connectivity index (χ0) is 17.6. The summed E-state index contributed by atoms with van der Waals surface area (Å²) in [5.41, 5.74) is 3.05. The summed E-state index contributed by atoms with van der Waals surface area (Å²) in [6, 6.07) is 0.496. The predicted octanol–water partition coefficient (Wildman–Crippen LogP) is -0.916. The summed E-state index contributed by atoms with van der Waals surface area (Å²) < 4.78 is 6.89. The van der Waals surface area contributed by atoms with Gasteiger partial charge in [0, 0.05) is 6.20 Å². The highest BCUT2D eigenvalue weighted by molar-refractivity contribution is 5.76. The Labute approximate surface area is 135 Å². The van der Waals surface area contributed by atoms with Crippen molar-refractivity contribution in [2.45, 2.75) is 37.0 Å². The van der Waals surface area contributed by atoms with Crippen LogP contribution in [0.3, 0.4) is 0 Å². The molecule has 10 heteroatoms. The molecule has 0 amide bonds. The summed E-state index contributed by atoms with van der Waals surface area (Å²) in [5.74, 6) is 1.97. The first kappa shape index (κ1) is 16.1. The van der Waals surface area contributed by atoms with Crippen LogP contribution in [0.15, 0.2) is 22.2 Å². The average molecular weight is 333 g/mol. The second-order valence-electron chi connectivity index (χ2n) is 5.63. The molecule has 0 aliphatic carbocycles. The lowest BCUT2D eigenvalue weighted by Crippen LogP contribution is -2.46. The van der Waals surface area contributed by atoms with Gasteiger partial charge in [0.1, 0.15) is 18.2 Å². The van der Waals surface area contributed by atoms with Crippen LogP contribution in [0.2, 0.25) is 0 Å². The molecule has 3 rings (SSSR count). The van der Waals surface area contributed by atoms with Crippen LogP contribution >= 0.6 is 0 Å². The molecule has 5 atom stereocenters. The van der Waals surface area contributed by atoms with Gasteiger partial charge in [0.2, 0.25) is 5.95 Å². The molecule has 1 aliphatic rings. The van der Waals surface area contributed by atoms with E-state index >= 15 is 0 Å². The number of hydrogen-bond donors (Lipinski definition) is 4. The monoisotopic (exact) mass is 333 g/mol. The van der Waals surface area contributed by atoms with Crippen molar-refractivity contribution in [3.05, 3.63) is 27.5 Å². The number of terminal acetylenes is 1. The van der Waals surface area contributed by atoms with Crippen LogP contribution in [-0.4, -0.2) is 48.6 Å². The van der Waals surface area contributed by atoms with Crippen molar-refractivity contribution in [3.8, 4) is 12.3 Å². The number of nitrogens with two attached hydrogens (primary N) is 1. The third kappa shape index (κ3) is 2.10. The Morgan fingerprint density at radius 1 is 1.67 bits per heavy atom. The maximum Gasteiger partial charge on any atom is 0.261 e. The van der Waals surface area contributed by atoms with Crippen molar-refractivity contribution < 1.29 is 14.9 Å². The van der Waals surface area contributed by atoms with Gasteiger partial charge in [0.05, 0.1) is 5.39 Å². The van der Waals surface area contributed by atoms with Gasteiger partial charge in [0.25, 0.3) is 5.56 Å². The molecule has 3 heterocycles. The predicted molar refractivity (Wildman–Crippen MR) is 83.7 cm³/mol. The quantitative estimate of drug-likeness (QED) is 0.418. The highest BCUT2D eigenvalue weighted by Gasteiger charge is 2.57. The fourth-order valence-corrected chi connectivity index (χ4v) is 2.84. The molecule has 126 valence electrons. The molecule has 1 aliphatic heterocycles. The van der Waals surface area contributed by atoms with Gasteiger partial charge in [-0.15, -0.1) is 6.42 Å². The molecular formula is C14H15N5O5. The largest absolute Gasteiger partial charge is 0.386 e. The highest BCUT2D eigenvalue weighted by atomic mass is 16.6. The van der Waals surface area contributed by atoms with Gasteiger partial charge in [0.15, 0.2) is 17.5 Å². The fourth-order valence-electron chi connectivity index (χ4n) is 2.84. The Kier molecular flexibility index (Phi) is 3.64. The molecule has 2 aromatic heterocycles. The number of anilines is 1. The molecule has 24 heavy (non-hydrogen) atoms. The van der Waals surface area contributed by atoms with E-state index in [2.05, 4.69) is 21.1 Å². The van der Waals surface area contributed by atoms with E-state index in [-0.39, 0.29) is 17.0 Å². The van der Waals surface area contributed by atoms with Gasteiger partial charge in [-0.3, -0.25) is 9.78 Å². The highest BCUT2D eigenvalue weighted by Crippen LogP contribution is 2.41. The first-order valence-corrected chi connectivity index (χ1v) is 7.06. The number of fused-ring (bicyclic) bond motifs is 1. The molecule has 5 N–H and O–H groups in total. The lowest BCUT2D eigenvalue weighted by molar-refractivity contribution is -0.0691. The Morgan fingerprint density at radius 3 is 3.00 bits per heavy atom. The minimum atomic E-state index is -2.14. The number of ether oxygens (including phenoxy) is 1. The molecular weight excluding hydrogens is 318 g/mol. The molecule has 2 aromatic rings. The van der Waals surface area contributed by atoms with E-state index in [4.69, 9.17) is 16.9 Å². The van der Waals surface area contributed by atoms with E-state index in [1.165, 1.54) is 23.8 Å². The summed E-state index contributed by atoms with van der Waals surface area (Å²) in [7, 11) is 0. The topological polar surface area (TPSA) is 156 Å². The lowest BCUT2D eigenvalue weighted by Gasteiger charge is -2.26. The van der Waals surface area contributed by atoms with E-state index in [1.54, 1.807) is 0 Å². The lowest BCUT2D eigenvalue weighted by atomic mass is 9.92. The minimum absolute atomic E-state index is 0.120. The van der Waals surface area contributed by atoms with Crippen LogP contribution in [0.4, 0.5) is 5.95 Å². The fraction of sp³-hybridized carbons (Fsp3) is 0.429. The summed E-state index contributed by atoms with van der Waals surface area (Å²) in [4.78, 5) is 29.0. The number of aliphatic hydroxyl groups excluding tert-OH is 1. The maximum atomic E-state index is 11.9. The second kappa shape index (κ2) is 5.41. The van der Waals surface area contributed by atoms with Crippen LogP contribution in [-0.2, 0) is 4.74 Å². The summed E-state index contributed by atoms with van der Waals surface area (Å²) in [6.45, 7) is 1.43. The number of aliphatic hydroxyl groups is 2. The second-order valence-corrected chi connectivity index (χ2v) is 5.63. The van der Waals surface area contributed by atoms with Crippen molar-refractivity contribution >= 4 is 17.0 Å². The van der Waals surface area contributed by atoms with Gasteiger partial charge in [-0.25, -0.2) is 0 Å². The molecule has 0 radical (unpaired) electrons. The third-order valence-corrected chi connectivity index (χ3v) is 4.15. The van der Waals surface area contributed by atoms with Gasteiger partial charge < -0.3 is 25.3 Å². The maximum absolute atomic E-state index is 11.9. The van der Waals surface area contributed by atoms with E-state index in [1.807, 2.05) is 0 Å². The summed E-state index contributed by atoms with van der Waals surface area (Å²) in [5, 5.41) is 24.0. The molecule has 1 saturated heterocycles. The standard InChI is InChI=1S/C14H15N5O5/c1-3-14(22)9(20)8(6(2)18-23)24-12(14)19-5-4-7-10(19)16-13(15)17-11(7)21/h1,4-6,8-9,12,20,22H,2H3,(H3,15,16,17,21)/t6-,8-,9?,12-,14-/m1/s1. The molecule has 0 aromatic carbocycles. The van der Waals surface area contributed by atoms with Crippen LogP contribution < -0.4 is 11.3 Å². The number of nitrogen functional groups attached to an aromatic ring is 1. The molecule has 1 fully saturated rings. The van der Waals surface area contributed by atoms with Gasteiger partial charge in [-0.1, -0.05) is 11.1 Å². The van der Waals surface area contributed by atoms with Crippen LogP contribution in [0.1, 0.15) is 13.2 Å². The summed E-state index contributed by atoms with van der Waals surface area (Å²) >= 11 is 0. The Bertz CT molecular complexity index is 899. The van der Waals surface area contributed by atoms with Gasteiger partial charge in [-0.2, -0.15) is 9.89 Å². The number of rotatable bonds is 3. The Balaban J connectivity index is 2.16. The Hall–Kier alpha value is -2.74. The van der Waals surface area contributed by atoms with Crippen molar-refractivity contribution in [3.63, 3.8) is 0 Å². The SMILES string of the molecule is C#C[C@@]1(O)C(O)[C@@H]([C@@H](C)N=O)O[C@H]1n1ccc2c(=O)[nH]c(N)nc21. The number of hydrogen-bond acceptors (Lipinski definition) is 8. The van der Waals surface area contributed by atoms with Crippen LogP contribution in [0, 0.1) is 17.3 Å². The van der Waals surface area contributed by atoms with E-state index < -0.39 is 35.6 Å². The van der Waals surface area contributed by atoms with Crippen molar-refractivity contribution in [2.75, 3.05) is 5.73 Å². The number of nitroso groups, excluding NO2 is 1. The zero-order valence-electron chi connectivity index (χ0n) is 12.6. The molecule has 10 nitrogen and oxygen atoms in total. The van der Waals surface area contributed by atoms with Gasteiger partial charge in [-0.05, 0) is 13.0 Å². The number of aromatic amines is 1.